The second-order valence-corrected chi connectivity index (χ2v) is 3.56. The normalized spacial score (nSPS) is 13.2. The standard InChI is InChI=1S/C2H6O8S2/c1-2-8-12(6,7)10-9-11(3,4)5/h2H2,1H3,(H,3,4,5). The van der Waals surface area contributed by atoms with E-state index in [1.54, 1.807) is 0 Å². The third-order valence-electron chi connectivity index (χ3n) is 0.459. The van der Waals surface area contributed by atoms with Gasteiger partial charge in [0.05, 0.1) is 6.61 Å². The van der Waals surface area contributed by atoms with Gasteiger partial charge in [-0.3, -0.25) is 4.55 Å². The first-order valence-electron chi connectivity index (χ1n) is 2.51. The summed E-state index contributed by atoms with van der Waals surface area (Å²) in [5.41, 5.74) is 0. The van der Waals surface area contributed by atoms with E-state index in [4.69, 9.17) is 4.55 Å². The van der Waals surface area contributed by atoms with Crippen LogP contribution in [0, 0.1) is 0 Å². The molecule has 74 valence electrons. The molecular formula is C2H6O8S2. The molecule has 1 N–H and O–H groups in total. The molecule has 0 aliphatic heterocycles. The minimum atomic E-state index is -4.96. The first-order chi connectivity index (χ1) is 5.27. The van der Waals surface area contributed by atoms with Gasteiger partial charge in [0.2, 0.25) is 0 Å². The van der Waals surface area contributed by atoms with Crippen molar-refractivity contribution in [3.05, 3.63) is 0 Å². The van der Waals surface area contributed by atoms with E-state index in [0.29, 0.717) is 0 Å². The lowest BCUT2D eigenvalue weighted by atomic mass is 10.9. The molecular weight excluding hydrogens is 216 g/mol. The molecule has 10 heteroatoms. The van der Waals surface area contributed by atoms with Crippen LogP contribution in [0.25, 0.3) is 0 Å². The van der Waals surface area contributed by atoms with Crippen molar-refractivity contribution in [3.8, 4) is 0 Å². The number of rotatable bonds is 5. The highest BCUT2D eigenvalue weighted by Gasteiger charge is 2.17. The van der Waals surface area contributed by atoms with E-state index in [0.717, 1.165) is 0 Å². The fourth-order valence-corrected chi connectivity index (χ4v) is 1.11. The Hall–Kier alpha value is -0.260. The van der Waals surface area contributed by atoms with Crippen LogP contribution in [0.2, 0.25) is 0 Å². The fourth-order valence-electron chi connectivity index (χ4n) is 0.233. The number of hydrogen-bond acceptors (Lipinski definition) is 7. The van der Waals surface area contributed by atoms with Gasteiger partial charge in [-0.05, 0) is 6.92 Å². The Kier molecular flexibility index (Phi) is 4.02. The molecule has 0 saturated carbocycles. The minimum absolute atomic E-state index is 0.253. The third-order valence-corrected chi connectivity index (χ3v) is 1.54. The van der Waals surface area contributed by atoms with Crippen LogP contribution in [0.5, 0.6) is 0 Å². The van der Waals surface area contributed by atoms with Crippen LogP contribution in [0.4, 0.5) is 0 Å². The van der Waals surface area contributed by atoms with Crippen molar-refractivity contribution >= 4 is 20.8 Å². The molecule has 0 aliphatic carbocycles. The highest BCUT2D eigenvalue weighted by atomic mass is 32.3. The molecule has 0 bridgehead atoms. The molecule has 0 fully saturated rings. The van der Waals surface area contributed by atoms with E-state index in [2.05, 4.69) is 12.9 Å². The summed E-state index contributed by atoms with van der Waals surface area (Å²) in [7, 11) is -9.48. The third kappa shape index (κ3) is 6.45. The molecule has 12 heavy (non-hydrogen) atoms. The van der Waals surface area contributed by atoms with Gasteiger partial charge in [-0.1, -0.05) is 8.67 Å². The van der Waals surface area contributed by atoms with Crippen LogP contribution < -0.4 is 0 Å². The average Bonchev–Trinajstić information content (AvgIpc) is 1.83. The lowest BCUT2D eigenvalue weighted by Crippen LogP contribution is -2.13. The van der Waals surface area contributed by atoms with Crippen molar-refractivity contribution in [2.75, 3.05) is 6.61 Å². The van der Waals surface area contributed by atoms with Crippen molar-refractivity contribution in [3.63, 3.8) is 0 Å². The van der Waals surface area contributed by atoms with Crippen molar-refractivity contribution < 1.29 is 34.2 Å². The SMILES string of the molecule is CCOS(=O)(=O)OOS(=O)(=O)O. The summed E-state index contributed by atoms with van der Waals surface area (Å²) in [4.78, 5) is 0. The molecule has 0 amide bonds. The molecule has 0 rings (SSSR count). The molecule has 0 aromatic carbocycles. The average molecular weight is 222 g/mol. The lowest BCUT2D eigenvalue weighted by molar-refractivity contribution is -0.108. The lowest BCUT2D eigenvalue weighted by Gasteiger charge is -1.99. The Labute approximate surface area is 69.3 Å². The zero-order valence-electron chi connectivity index (χ0n) is 5.83. The van der Waals surface area contributed by atoms with Crippen LogP contribution in [0.15, 0.2) is 0 Å². The molecule has 0 radical (unpaired) electrons. The molecule has 0 unspecified atom stereocenters. The quantitative estimate of drug-likeness (QED) is 0.358. The summed E-state index contributed by atoms with van der Waals surface area (Å²) in [6.45, 7) is 1.07. The maximum absolute atomic E-state index is 10.3. The molecule has 0 aromatic heterocycles. The summed E-state index contributed by atoms with van der Waals surface area (Å²) < 4.78 is 58.2. The van der Waals surface area contributed by atoms with Gasteiger partial charge in [0.15, 0.2) is 0 Å². The largest absolute Gasteiger partial charge is 0.427 e. The Bertz CT molecular complexity index is 309. The smallest absolute Gasteiger partial charge is 0.262 e. The van der Waals surface area contributed by atoms with E-state index in [1.165, 1.54) is 6.92 Å². The first kappa shape index (κ1) is 11.7. The Morgan fingerprint density at radius 2 is 1.67 bits per heavy atom. The van der Waals surface area contributed by atoms with Crippen molar-refractivity contribution in [1.29, 1.82) is 0 Å². The fraction of sp³-hybridized carbons (Fsp3) is 1.00. The second kappa shape index (κ2) is 4.11. The van der Waals surface area contributed by atoms with Crippen LogP contribution in [-0.2, 0) is 33.6 Å². The van der Waals surface area contributed by atoms with Gasteiger partial charge in [0, 0.05) is 0 Å². The monoisotopic (exact) mass is 222 g/mol. The molecule has 8 nitrogen and oxygen atoms in total. The minimum Gasteiger partial charge on any atom is -0.262 e. The molecule has 0 aliphatic rings. The van der Waals surface area contributed by atoms with Crippen molar-refractivity contribution in [2.45, 2.75) is 6.92 Å². The molecule has 0 aromatic rings. The summed E-state index contributed by atoms with van der Waals surface area (Å²) in [5.74, 6) is 0. The summed E-state index contributed by atoms with van der Waals surface area (Å²) in [6, 6.07) is 0. The topological polar surface area (TPSA) is 116 Å². The first-order valence-corrected chi connectivity index (χ1v) is 5.21. The maximum Gasteiger partial charge on any atom is 0.427 e. The number of hydrogen-bond donors (Lipinski definition) is 1. The van der Waals surface area contributed by atoms with E-state index in [1.807, 2.05) is 0 Å². The van der Waals surface area contributed by atoms with Gasteiger partial charge in [-0.15, -0.1) is 0 Å². The van der Waals surface area contributed by atoms with Crippen LogP contribution >= 0.6 is 0 Å². The summed E-state index contributed by atoms with van der Waals surface area (Å²) >= 11 is 0. The Morgan fingerprint density at radius 3 is 2.00 bits per heavy atom. The van der Waals surface area contributed by atoms with E-state index < -0.39 is 20.8 Å². The summed E-state index contributed by atoms with van der Waals surface area (Å²) in [5, 5.41) is 0. The molecule has 0 spiro atoms. The van der Waals surface area contributed by atoms with Crippen LogP contribution in [0.3, 0.4) is 0 Å². The van der Waals surface area contributed by atoms with Gasteiger partial charge in [-0.2, -0.15) is 16.8 Å². The van der Waals surface area contributed by atoms with Gasteiger partial charge in [0.1, 0.15) is 0 Å². The molecule has 0 heterocycles. The van der Waals surface area contributed by atoms with Gasteiger partial charge >= 0.3 is 20.8 Å². The van der Waals surface area contributed by atoms with E-state index >= 15 is 0 Å². The maximum atomic E-state index is 10.3. The van der Waals surface area contributed by atoms with Crippen molar-refractivity contribution in [1.82, 2.24) is 0 Å². The zero-order valence-corrected chi connectivity index (χ0v) is 7.46. The van der Waals surface area contributed by atoms with Gasteiger partial charge in [0.25, 0.3) is 0 Å². The van der Waals surface area contributed by atoms with Gasteiger partial charge < -0.3 is 0 Å². The highest BCUT2D eigenvalue weighted by Crippen LogP contribution is 1.98. The molecule has 0 atom stereocenters. The molecule has 0 saturated heterocycles. The second-order valence-electron chi connectivity index (χ2n) is 1.38. The Morgan fingerprint density at radius 1 is 1.17 bits per heavy atom. The highest BCUT2D eigenvalue weighted by molar-refractivity contribution is 7.83. The van der Waals surface area contributed by atoms with E-state index in [-0.39, 0.29) is 6.61 Å². The van der Waals surface area contributed by atoms with Gasteiger partial charge in [-0.25, -0.2) is 4.18 Å². The zero-order chi connectivity index (χ0) is 9.83. The Balaban J connectivity index is 4.12. The van der Waals surface area contributed by atoms with E-state index in [9.17, 15) is 16.8 Å². The predicted octanol–water partition coefficient (Wildman–Crippen LogP) is -0.981. The van der Waals surface area contributed by atoms with Crippen LogP contribution in [0.1, 0.15) is 6.92 Å². The predicted molar refractivity (Wildman–Crippen MR) is 34.3 cm³/mol. The summed E-state index contributed by atoms with van der Waals surface area (Å²) in [6.07, 6.45) is 0. The van der Waals surface area contributed by atoms with Crippen LogP contribution in [-0.4, -0.2) is 28.0 Å². The van der Waals surface area contributed by atoms with Crippen molar-refractivity contribution in [2.24, 2.45) is 0 Å².